The van der Waals surface area contributed by atoms with E-state index in [9.17, 15) is 14.7 Å². The van der Waals surface area contributed by atoms with Gasteiger partial charge in [-0.05, 0) is 38.0 Å². The van der Waals surface area contributed by atoms with Gasteiger partial charge in [0.1, 0.15) is 0 Å². The van der Waals surface area contributed by atoms with Gasteiger partial charge in [0.25, 0.3) is 0 Å². The Balaban J connectivity index is 2.94. The maximum atomic E-state index is 12.2. The minimum Gasteiger partial charge on any atom is -0.480 e. The lowest BCUT2D eigenvalue weighted by atomic mass is 9.69. The van der Waals surface area contributed by atoms with Gasteiger partial charge in [-0.1, -0.05) is 13.8 Å². The molecule has 1 unspecified atom stereocenters. The van der Waals surface area contributed by atoms with E-state index in [1.54, 1.807) is 20.8 Å². The molecule has 1 aliphatic heterocycles. The van der Waals surface area contributed by atoms with Gasteiger partial charge in [0.05, 0.1) is 6.61 Å². The largest absolute Gasteiger partial charge is 0.480 e. The molecule has 0 aromatic heterocycles. The van der Waals surface area contributed by atoms with Crippen LogP contribution >= 0.6 is 0 Å². The normalized spacial score (nSPS) is 20.0. The van der Waals surface area contributed by atoms with E-state index in [1.807, 2.05) is 0 Å². The van der Waals surface area contributed by atoms with Gasteiger partial charge in [-0.25, -0.2) is 0 Å². The van der Waals surface area contributed by atoms with Crippen molar-refractivity contribution in [3.05, 3.63) is 0 Å². The Hall–Kier alpha value is -1.10. The van der Waals surface area contributed by atoms with Crippen LogP contribution in [0.15, 0.2) is 0 Å². The van der Waals surface area contributed by atoms with E-state index in [0.29, 0.717) is 19.6 Å². The SMILES string of the molecule is CCOC(=O)C(CC1CCOCC1)(C(=O)O)C(C)C. The van der Waals surface area contributed by atoms with E-state index < -0.39 is 17.4 Å². The van der Waals surface area contributed by atoms with Crippen LogP contribution < -0.4 is 0 Å². The highest BCUT2D eigenvalue weighted by atomic mass is 16.5. The van der Waals surface area contributed by atoms with Crippen LogP contribution in [0.4, 0.5) is 0 Å². The Morgan fingerprint density at radius 2 is 1.95 bits per heavy atom. The molecule has 0 aromatic carbocycles. The number of ether oxygens (including phenoxy) is 2. The van der Waals surface area contributed by atoms with Crippen LogP contribution in [-0.2, 0) is 19.1 Å². The van der Waals surface area contributed by atoms with Crippen molar-refractivity contribution in [1.29, 1.82) is 0 Å². The molecule has 1 saturated heterocycles. The fourth-order valence-corrected chi connectivity index (χ4v) is 2.64. The van der Waals surface area contributed by atoms with Gasteiger partial charge in [0, 0.05) is 13.2 Å². The zero-order chi connectivity index (χ0) is 14.5. The van der Waals surface area contributed by atoms with E-state index in [0.717, 1.165) is 12.8 Å². The van der Waals surface area contributed by atoms with Crippen molar-refractivity contribution >= 4 is 11.9 Å². The zero-order valence-electron chi connectivity index (χ0n) is 12.0. The fourth-order valence-electron chi connectivity index (χ4n) is 2.64. The first-order valence-electron chi connectivity index (χ1n) is 6.93. The molecule has 1 fully saturated rings. The van der Waals surface area contributed by atoms with Gasteiger partial charge < -0.3 is 14.6 Å². The van der Waals surface area contributed by atoms with Gasteiger partial charge in [-0.3, -0.25) is 9.59 Å². The second kappa shape index (κ2) is 6.89. The van der Waals surface area contributed by atoms with Gasteiger partial charge in [-0.2, -0.15) is 0 Å². The van der Waals surface area contributed by atoms with Crippen molar-refractivity contribution in [3.8, 4) is 0 Å². The molecule has 19 heavy (non-hydrogen) atoms. The zero-order valence-corrected chi connectivity index (χ0v) is 12.0. The molecule has 0 saturated carbocycles. The lowest BCUT2D eigenvalue weighted by Crippen LogP contribution is -2.47. The Morgan fingerprint density at radius 3 is 2.37 bits per heavy atom. The first kappa shape index (κ1) is 16.0. The molecule has 5 heteroatoms. The topological polar surface area (TPSA) is 72.8 Å². The third-order valence-corrected chi connectivity index (χ3v) is 3.96. The van der Waals surface area contributed by atoms with Crippen molar-refractivity contribution in [2.45, 2.75) is 40.0 Å². The number of carboxylic acid groups (broad SMARTS) is 1. The van der Waals surface area contributed by atoms with E-state index in [-0.39, 0.29) is 18.4 Å². The van der Waals surface area contributed by atoms with E-state index in [4.69, 9.17) is 9.47 Å². The summed E-state index contributed by atoms with van der Waals surface area (Å²) in [5.74, 6) is -1.78. The molecule has 1 atom stereocenters. The molecular weight excluding hydrogens is 248 g/mol. The second-order valence-electron chi connectivity index (χ2n) is 5.41. The lowest BCUT2D eigenvalue weighted by Gasteiger charge is -2.35. The van der Waals surface area contributed by atoms with E-state index >= 15 is 0 Å². The average Bonchev–Trinajstić information content (AvgIpc) is 2.36. The van der Waals surface area contributed by atoms with Crippen molar-refractivity contribution in [2.75, 3.05) is 19.8 Å². The second-order valence-corrected chi connectivity index (χ2v) is 5.41. The molecule has 1 heterocycles. The van der Waals surface area contributed by atoms with Crippen molar-refractivity contribution in [2.24, 2.45) is 17.3 Å². The van der Waals surface area contributed by atoms with E-state index in [2.05, 4.69) is 0 Å². The minimum atomic E-state index is -1.43. The van der Waals surface area contributed by atoms with E-state index in [1.165, 1.54) is 0 Å². The summed E-state index contributed by atoms with van der Waals surface area (Å²) in [5.41, 5.74) is -1.43. The highest BCUT2D eigenvalue weighted by Gasteiger charge is 2.51. The average molecular weight is 272 g/mol. The maximum absolute atomic E-state index is 12.2. The third kappa shape index (κ3) is 3.47. The van der Waals surface area contributed by atoms with Crippen LogP contribution in [0.5, 0.6) is 0 Å². The predicted octanol–water partition coefficient (Wildman–Crippen LogP) is 2.09. The summed E-state index contributed by atoms with van der Waals surface area (Å²) in [5, 5.41) is 9.59. The Kier molecular flexibility index (Phi) is 5.79. The number of aliphatic carboxylic acids is 1. The third-order valence-electron chi connectivity index (χ3n) is 3.96. The Morgan fingerprint density at radius 1 is 1.37 bits per heavy atom. The molecular formula is C14H24O5. The molecule has 1 aliphatic rings. The molecule has 0 aliphatic carbocycles. The van der Waals surface area contributed by atoms with Gasteiger partial charge >= 0.3 is 11.9 Å². The summed E-state index contributed by atoms with van der Waals surface area (Å²) >= 11 is 0. The highest BCUT2D eigenvalue weighted by molar-refractivity contribution is 5.99. The van der Waals surface area contributed by atoms with Gasteiger partial charge in [0.15, 0.2) is 5.41 Å². The summed E-state index contributed by atoms with van der Waals surface area (Å²) in [4.78, 5) is 23.9. The maximum Gasteiger partial charge on any atom is 0.323 e. The van der Waals surface area contributed by atoms with Crippen molar-refractivity contribution in [1.82, 2.24) is 0 Å². The summed E-state index contributed by atoms with van der Waals surface area (Å²) in [6.45, 7) is 6.71. The van der Waals surface area contributed by atoms with Crippen LogP contribution in [-0.4, -0.2) is 36.9 Å². The monoisotopic (exact) mass is 272 g/mol. The van der Waals surface area contributed by atoms with Crippen LogP contribution in [0.2, 0.25) is 0 Å². The smallest absolute Gasteiger partial charge is 0.323 e. The first-order chi connectivity index (χ1) is 8.95. The number of hydrogen-bond donors (Lipinski definition) is 1. The van der Waals surface area contributed by atoms with Crippen LogP contribution in [0.3, 0.4) is 0 Å². The van der Waals surface area contributed by atoms with Crippen LogP contribution in [0, 0.1) is 17.3 Å². The molecule has 110 valence electrons. The standard InChI is InChI=1S/C14H24O5/c1-4-19-13(17)14(10(2)3,12(15)16)9-11-5-7-18-8-6-11/h10-11H,4-9H2,1-3H3,(H,15,16). The quantitative estimate of drug-likeness (QED) is 0.592. The Bertz CT molecular complexity index is 320. The van der Waals surface area contributed by atoms with Gasteiger partial charge in [0.2, 0.25) is 0 Å². The number of rotatable bonds is 6. The molecule has 0 radical (unpaired) electrons. The number of carbonyl (C=O) groups is 2. The summed E-state index contributed by atoms with van der Waals surface area (Å²) in [6.07, 6.45) is 1.95. The lowest BCUT2D eigenvalue weighted by molar-refractivity contribution is -0.174. The summed E-state index contributed by atoms with van der Waals surface area (Å²) in [7, 11) is 0. The number of carbonyl (C=O) groups excluding carboxylic acids is 1. The number of hydrogen-bond acceptors (Lipinski definition) is 4. The Labute approximate surface area is 114 Å². The predicted molar refractivity (Wildman–Crippen MR) is 69.7 cm³/mol. The van der Waals surface area contributed by atoms with Crippen LogP contribution in [0.1, 0.15) is 40.0 Å². The van der Waals surface area contributed by atoms with Crippen LogP contribution in [0.25, 0.3) is 0 Å². The minimum absolute atomic E-state index is 0.203. The molecule has 1 N–H and O–H groups in total. The highest BCUT2D eigenvalue weighted by Crippen LogP contribution is 2.39. The van der Waals surface area contributed by atoms with Gasteiger partial charge in [-0.15, -0.1) is 0 Å². The molecule has 0 spiro atoms. The summed E-state index contributed by atoms with van der Waals surface area (Å²) < 4.78 is 10.3. The molecule has 0 amide bonds. The van der Waals surface area contributed by atoms with Crippen molar-refractivity contribution < 1.29 is 24.2 Å². The molecule has 5 nitrogen and oxygen atoms in total. The molecule has 0 bridgehead atoms. The van der Waals surface area contributed by atoms with Crippen molar-refractivity contribution in [3.63, 3.8) is 0 Å². The fraction of sp³-hybridized carbons (Fsp3) is 0.857. The number of esters is 1. The first-order valence-corrected chi connectivity index (χ1v) is 6.93. The number of carboxylic acids is 1. The molecule has 1 rings (SSSR count). The molecule has 0 aromatic rings. The summed E-state index contributed by atoms with van der Waals surface area (Å²) in [6, 6.07) is 0.